The lowest BCUT2D eigenvalue weighted by Crippen LogP contribution is -2.32. The summed E-state index contributed by atoms with van der Waals surface area (Å²) in [5.41, 5.74) is 0. The highest BCUT2D eigenvalue weighted by Crippen LogP contribution is 1.98. The second kappa shape index (κ2) is 58.9. The van der Waals surface area contributed by atoms with Gasteiger partial charge in [0.05, 0.1) is 13.2 Å². The largest absolute Gasteiger partial charge is 0.447 e. The van der Waals surface area contributed by atoms with Crippen LogP contribution in [-0.4, -0.2) is 84.8 Å². The van der Waals surface area contributed by atoms with E-state index in [1.165, 1.54) is 0 Å². The fourth-order valence-electron chi connectivity index (χ4n) is 1.90. The van der Waals surface area contributed by atoms with E-state index in [4.69, 9.17) is 19.7 Å². The third-order valence-electron chi connectivity index (χ3n) is 3.48. The van der Waals surface area contributed by atoms with Gasteiger partial charge < -0.3 is 29.5 Å². The van der Waals surface area contributed by atoms with Gasteiger partial charge in [-0.2, -0.15) is 0 Å². The topological polar surface area (TPSA) is 99.5 Å². The molecule has 0 aromatic rings. The molecular formula is C28H70N2O6. The molecule has 228 valence electrons. The third-order valence-corrected chi connectivity index (χ3v) is 3.48. The van der Waals surface area contributed by atoms with Crippen molar-refractivity contribution in [1.29, 1.82) is 0 Å². The Bertz CT molecular complexity index is 314. The number of unbranched alkanes of at least 4 members (excludes halogenated alkanes) is 2. The third kappa shape index (κ3) is 45.9. The molecule has 0 fully saturated rings. The molecule has 0 saturated heterocycles. The molecule has 0 atom stereocenters. The van der Waals surface area contributed by atoms with E-state index in [0.717, 1.165) is 38.8 Å². The highest BCUT2D eigenvalue weighted by Gasteiger charge is 2.11. The van der Waals surface area contributed by atoms with Crippen LogP contribution >= 0.6 is 0 Å². The van der Waals surface area contributed by atoms with E-state index in [1.807, 2.05) is 69.2 Å². The summed E-state index contributed by atoms with van der Waals surface area (Å²) in [6, 6.07) is 0. The molecule has 0 aromatic heterocycles. The fraction of sp³-hybridized carbons (Fsp3) is 0.929. The molecule has 2 N–H and O–H groups in total. The minimum atomic E-state index is -0.329. The molecule has 0 rings (SSSR count). The van der Waals surface area contributed by atoms with Gasteiger partial charge >= 0.3 is 12.2 Å². The van der Waals surface area contributed by atoms with Gasteiger partial charge in [0.1, 0.15) is 13.2 Å². The monoisotopic (exact) mass is 531 g/mol. The summed E-state index contributed by atoms with van der Waals surface area (Å²) in [6.45, 7) is 26.7. The van der Waals surface area contributed by atoms with Crippen LogP contribution in [0.5, 0.6) is 0 Å². The highest BCUT2D eigenvalue weighted by molar-refractivity contribution is 5.67. The molecule has 2 amide bonds. The zero-order valence-electron chi connectivity index (χ0n) is 24.9. The highest BCUT2D eigenvalue weighted by atomic mass is 16.6. The van der Waals surface area contributed by atoms with Crippen molar-refractivity contribution in [3.05, 3.63) is 0 Å². The Morgan fingerprint density at radius 1 is 0.583 bits per heavy atom. The molecular weight excluding hydrogens is 460 g/mol. The van der Waals surface area contributed by atoms with Crippen molar-refractivity contribution in [2.75, 3.05) is 52.6 Å². The summed E-state index contributed by atoms with van der Waals surface area (Å²) in [7, 11) is 0. The van der Waals surface area contributed by atoms with Gasteiger partial charge in [0.25, 0.3) is 0 Å². The van der Waals surface area contributed by atoms with E-state index in [9.17, 15) is 9.59 Å². The maximum absolute atomic E-state index is 11.2. The minimum Gasteiger partial charge on any atom is -0.447 e. The normalized spacial score (nSPS) is 7.72. The van der Waals surface area contributed by atoms with Gasteiger partial charge in [-0.15, -0.1) is 0 Å². The Morgan fingerprint density at radius 2 is 0.833 bits per heavy atom. The van der Waals surface area contributed by atoms with Crippen molar-refractivity contribution in [2.45, 2.75) is 124 Å². The first-order valence-electron chi connectivity index (χ1n) is 13.6. The van der Waals surface area contributed by atoms with Gasteiger partial charge in [0, 0.05) is 26.2 Å². The molecule has 0 aromatic carbocycles. The summed E-state index contributed by atoms with van der Waals surface area (Å²) in [6.07, 6.45) is 3.44. The Hall–Kier alpha value is -1.54. The summed E-state index contributed by atoms with van der Waals surface area (Å²) in [5, 5.41) is 16.9. The van der Waals surface area contributed by atoms with Gasteiger partial charge in [-0.1, -0.05) is 96.9 Å². The Kier molecular flexibility index (Phi) is 90.2. The number of carbonyl (C=O) groups is 2. The van der Waals surface area contributed by atoms with E-state index < -0.39 is 0 Å². The Balaban J connectivity index is -0.0000000542. The van der Waals surface area contributed by atoms with Crippen molar-refractivity contribution in [1.82, 2.24) is 9.80 Å². The zero-order chi connectivity index (χ0) is 28.2. The van der Waals surface area contributed by atoms with Crippen LogP contribution in [0.3, 0.4) is 0 Å². The first-order valence-corrected chi connectivity index (χ1v) is 13.6. The second-order valence-electron chi connectivity index (χ2n) is 5.54. The van der Waals surface area contributed by atoms with Gasteiger partial charge in [-0.05, 0) is 26.7 Å². The Morgan fingerprint density at radius 3 is 1.00 bits per heavy atom. The van der Waals surface area contributed by atoms with Crippen LogP contribution in [0.2, 0.25) is 0 Å². The van der Waals surface area contributed by atoms with Gasteiger partial charge in [-0.25, -0.2) is 9.59 Å². The summed E-state index contributed by atoms with van der Waals surface area (Å²) in [4.78, 5) is 25.7. The standard InChI is InChI=1S/2C9H19NO3.4C2H6.2CH4/c2*1-3-5-6-10(4-2)9(12)13-8-7-11;4*1-2;;/h2*11H,3-8H2,1-2H3;4*1-2H3;2*1H4. The quantitative estimate of drug-likeness (QED) is 0.266. The average Bonchev–Trinajstić information content (AvgIpc) is 2.92. The van der Waals surface area contributed by atoms with Crippen molar-refractivity contribution >= 4 is 12.2 Å². The van der Waals surface area contributed by atoms with Crippen LogP contribution in [0.15, 0.2) is 0 Å². The molecule has 0 unspecified atom stereocenters. The second-order valence-corrected chi connectivity index (χ2v) is 5.54. The van der Waals surface area contributed by atoms with Crippen molar-refractivity contribution in [2.24, 2.45) is 0 Å². The average molecular weight is 531 g/mol. The molecule has 0 aliphatic carbocycles. The van der Waals surface area contributed by atoms with Crippen molar-refractivity contribution in [3.8, 4) is 0 Å². The number of rotatable bonds is 12. The van der Waals surface area contributed by atoms with Gasteiger partial charge in [0.2, 0.25) is 0 Å². The number of aliphatic hydroxyl groups is 2. The summed E-state index contributed by atoms with van der Waals surface area (Å²) in [5.74, 6) is 0. The number of hydrogen-bond donors (Lipinski definition) is 2. The van der Waals surface area contributed by atoms with Crippen LogP contribution in [0.4, 0.5) is 9.59 Å². The molecule has 0 aliphatic heterocycles. The smallest absolute Gasteiger partial charge is 0.409 e. The zero-order valence-corrected chi connectivity index (χ0v) is 24.9. The maximum atomic E-state index is 11.2. The molecule has 0 aliphatic rings. The van der Waals surface area contributed by atoms with Crippen molar-refractivity contribution in [3.63, 3.8) is 0 Å². The van der Waals surface area contributed by atoms with Crippen LogP contribution < -0.4 is 0 Å². The number of aliphatic hydroxyl groups excluding tert-OH is 2. The molecule has 0 heterocycles. The van der Waals surface area contributed by atoms with Gasteiger partial charge in [0.15, 0.2) is 0 Å². The van der Waals surface area contributed by atoms with Crippen LogP contribution in [0.25, 0.3) is 0 Å². The predicted molar refractivity (Wildman–Crippen MR) is 160 cm³/mol. The predicted octanol–water partition coefficient (Wildman–Crippen LogP) is 7.85. The summed E-state index contributed by atoms with van der Waals surface area (Å²) < 4.78 is 9.56. The SMILES string of the molecule is C.C.CC.CC.CC.CC.CCCCN(CC)C(=O)OCCO.CCCCN(CC)C(=O)OCCO. The molecule has 36 heavy (non-hydrogen) atoms. The number of nitrogens with zero attached hydrogens (tertiary/aromatic N) is 2. The maximum Gasteiger partial charge on any atom is 0.409 e. The summed E-state index contributed by atoms with van der Waals surface area (Å²) >= 11 is 0. The van der Waals surface area contributed by atoms with Crippen LogP contribution in [0.1, 0.15) is 124 Å². The van der Waals surface area contributed by atoms with E-state index in [0.29, 0.717) is 13.1 Å². The van der Waals surface area contributed by atoms with E-state index in [-0.39, 0.29) is 53.5 Å². The molecule has 0 spiro atoms. The number of carbonyl (C=O) groups excluding carboxylic acids is 2. The molecule has 0 radical (unpaired) electrons. The first-order chi connectivity index (χ1) is 16.5. The number of ether oxygens (including phenoxy) is 2. The van der Waals surface area contributed by atoms with Crippen molar-refractivity contribution < 1.29 is 29.3 Å². The minimum absolute atomic E-state index is 0. The van der Waals surface area contributed by atoms with E-state index in [1.54, 1.807) is 9.80 Å². The number of amides is 2. The molecule has 8 nitrogen and oxygen atoms in total. The van der Waals surface area contributed by atoms with Crippen LogP contribution in [0, 0.1) is 0 Å². The lowest BCUT2D eigenvalue weighted by atomic mass is 10.3. The lowest BCUT2D eigenvalue weighted by Gasteiger charge is -2.19. The number of hydrogen-bond acceptors (Lipinski definition) is 6. The Labute approximate surface area is 227 Å². The van der Waals surface area contributed by atoms with Gasteiger partial charge in [-0.3, -0.25) is 0 Å². The molecule has 0 bridgehead atoms. The first kappa shape index (κ1) is 55.1. The van der Waals surface area contributed by atoms with Crippen LogP contribution in [-0.2, 0) is 9.47 Å². The van der Waals surface area contributed by atoms with E-state index >= 15 is 0 Å². The van der Waals surface area contributed by atoms with E-state index in [2.05, 4.69) is 13.8 Å². The lowest BCUT2D eigenvalue weighted by molar-refractivity contribution is 0.0849. The fourth-order valence-corrected chi connectivity index (χ4v) is 1.90. The molecule has 0 saturated carbocycles. The molecule has 8 heteroatoms.